The predicted molar refractivity (Wildman–Crippen MR) is 108 cm³/mol. The largest absolute Gasteiger partial charge is 0.467 e. The van der Waals surface area contributed by atoms with E-state index in [0.717, 1.165) is 10.4 Å². The van der Waals surface area contributed by atoms with Crippen LogP contribution in [-0.4, -0.2) is 16.4 Å². The van der Waals surface area contributed by atoms with Gasteiger partial charge in [-0.25, -0.2) is 0 Å². The van der Waals surface area contributed by atoms with Gasteiger partial charge >= 0.3 is 0 Å². The Morgan fingerprint density at radius 2 is 1.96 bits per heavy atom. The molecular formula is C21H23N3O3S. The van der Waals surface area contributed by atoms with Crippen LogP contribution in [0.1, 0.15) is 45.9 Å². The minimum atomic E-state index is -0.454. The van der Waals surface area contributed by atoms with E-state index in [9.17, 15) is 9.59 Å². The molecule has 0 aliphatic rings. The number of hydrogen-bond donors (Lipinski definition) is 1. The van der Waals surface area contributed by atoms with Crippen molar-refractivity contribution in [2.24, 2.45) is 4.99 Å². The van der Waals surface area contributed by atoms with Crippen LogP contribution in [0.5, 0.6) is 0 Å². The van der Waals surface area contributed by atoms with E-state index in [0.29, 0.717) is 29.1 Å². The molecule has 3 aromatic rings. The Kier molecular flexibility index (Phi) is 6.26. The molecular weight excluding hydrogens is 374 g/mol. The Morgan fingerprint density at radius 1 is 1.21 bits per heavy atom. The molecule has 0 spiro atoms. The van der Waals surface area contributed by atoms with Gasteiger partial charge in [0.05, 0.1) is 12.8 Å². The minimum Gasteiger partial charge on any atom is -0.467 e. The highest BCUT2D eigenvalue weighted by molar-refractivity contribution is 7.09. The fourth-order valence-electron chi connectivity index (χ4n) is 2.84. The lowest BCUT2D eigenvalue weighted by molar-refractivity contribution is -0.124. The van der Waals surface area contributed by atoms with Gasteiger partial charge in [0, 0.05) is 16.6 Å². The van der Waals surface area contributed by atoms with Gasteiger partial charge < -0.3 is 14.3 Å². The van der Waals surface area contributed by atoms with Crippen LogP contribution in [-0.2, 0) is 11.3 Å². The second kappa shape index (κ2) is 8.84. The van der Waals surface area contributed by atoms with Crippen LogP contribution in [0.3, 0.4) is 0 Å². The van der Waals surface area contributed by atoms with Gasteiger partial charge in [-0.15, -0.1) is 11.3 Å². The Hall–Kier alpha value is -2.93. The molecule has 1 aromatic carbocycles. The van der Waals surface area contributed by atoms with E-state index in [2.05, 4.69) is 10.3 Å². The predicted octanol–water partition coefficient (Wildman–Crippen LogP) is 3.77. The highest BCUT2D eigenvalue weighted by Gasteiger charge is 2.20. The summed E-state index contributed by atoms with van der Waals surface area (Å²) in [5.41, 5.74) is 1.61. The van der Waals surface area contributed by atoms with Crippen molar-refractivity contribution in [3.63, 3.8) is 0 Å². The third-order valence-electron chi connectivity index (χ3n) is 4.33. The fourth-order valence-corrected chi connectivity index (χ4v) is 3.71. The number of furan rings is 1. The van der Waals surface area contributed by atoms with Crippen molar-refractivity contribution in [2.45, 2.75) is 39.8 Å². The lowest BCUT2D eigenvalue weighted by Gasteiger charge is -2.16. The number of aryl methyl sites for hydroxylation is 2. The molecule has 2 heterocycles. The molecule has 0 aliphatic heterocycles. The van der Waals surface area contributed by atoms with E-state index in [4.69, 9.17) is 4.42 Å². The number of aromatic nitrogens is 1. The summed E-state index contributed by atoms with van der Waals surface area (Å²) in [6.07, 6.45) is 4.02. The van der Waals surface area contributed by atoms with E-state index < -0.39 is 6.04 Å². The molecule has 2 amide bonds. The zero-order chi connectivity index (χ0) is 20.1. The van der Waals surface area contributed by atoms with Gasteiger partial charge in [-0.05, 0) is 44.5 Å². The standard InChI is InChI=1S/C21H23N3O3S/c1-4-18(20(26)22-12-17-6-5-11-27-17)24-13-15(3)28-21(24)23-19(25)16-9-7-14(2)8-10-16/h5-11,13,18H,4,12H2,1-3H3,(H,22,26)/t18-/m1/s1. The van der Waals surface area contributed by atoms with Gasteiger partial charge in [-0.1, -0.05) is 24.6 Å². The number of carbonyl (C=O) groups is 2. The smallest absolute Gasteiger partial charge is 0.279 e. The molecule has 1 atom stereocenters. The highest BCUT2D eigenvalue weighted by atomic mass is 32.1. The maximum absolute atomic E-state index is 12.7. The molecule has 146 valence electrons. The van der Waals surface area contributed by atoms with Crippen LogP contribution >= 0.6 is 11.3 Å². The minimum absolute atomic E-state index is 0.138. The number of carbonyl (C=O) groups excluding carboxylic acids is 2. The van der Waals surface area contributed by atoms with E-state index in [1.165, 1.54) is 11.3 Å². The lowest BCUT2D eigenvalue weighted by atomic mass is 10.1. The van der Waals surface area contributed by atoms with Crippen molar-refractivity contribution < 1.29 is 14.0 Å². The summed E-state index contributed by atoms with van der Waals surface area (Å²) >= 11 is 1.39. The number of rotatable bonds is 6. The van der Waals surface area contributed by atoms with Crippen LogP contribution in [0.25, 0.3) is 0 Å². The van der Waals surface area contributed by atoms with Crippen molar-refractivity contribution in [2.75, 3.05) is 0 Å². The van der Waals surface area contributed by atoms with Crippen molar-refractivity contribution in [3.8, 4) is 0 Å². The average molecular weight is 398 g/mol. The maximum atomic E-state index is 12.7. The highest BCUT2D eigenvalue weighted by Crippen LogP contribution is 2.14. The molecule has 0 aliphatic carbocycles. The summed E-state index contributed by atoms with van der Waals surface area (Å²) in [5, 5.41) is 2.89. The SMILES string of the molecule is CC[C@H](C(=O)NCc1ccco1)n1cc(C)sc1=NC(=O)c1ccc(C)cc1. The third kappa shape index (κ3) is 4.67. The summed E-state index contributed by atoms with van der Waals surface area (Å²) in [7, 11) is 0. The molecule has 0 bridgehead atoms. The first-order valence-electron chi connectivity index (χ1n) is 9.12. The molecule has 0 unspecified atom stereocenters. The number of hydrogen-bond acceptors (Lipinski definition) is 4. The Balaban J connectivity index is 1.85. The number of nitrogens with one attached hydrogen (secondary N) is 1. The molecule has 1 N–H and O–H groups in total. The van der Waals surface area contributed by atoms with Crippen molar-refractivity contribution in [3.05, 3.63) is 75.4 Å². The first-order chi connectivity index (χ1) is 13.5. The van der Waals surface area contributed by atoms with Crippen LogP contribution in [0, 0.1) is 13.8 Å². The number of amides is 2. The van der Waals surface area contributed by atoms with E-state index >= 15 is 0 Å². The van der Waals surface area contributed by atoms with Crippen molar-refractivity contribution in [1.29, 1.82) is 0 Å². The van der Waals surface area contributed by atoms with Crippen molar-refractivity contribution in [1.82, 2.24) is 9.88 Å². The molecule has 3 rings (SSSR count). The van der Waals surface area contributed by atoms with Gasteiger partial charge in [0.1, 0.15) is 11.8 Å². The molecule has 0 radical (unpaired) electrons. The zero-order valence-electron chi connectivity index (χ0n) is 16.1. The second-order valence-corrected chi connectivity index (χ2v) is 7.75. The summed E-state index contributed by atoms with van der Waals surface area (Å²) in [4.78, 5) is 31.1. The van der Waals surface area contributed by atoms with Crippen LogP contribution in [0.15, 0.2) is 58.3 Å². The zero-order valence-corrected chi connectivity index (χ0v) is 17.0. The molecule has 7 heteroatoms. The quantitative estimate of drug-likeness (QED) is 0.688. The van der Waals surface area contributed by atoms with Crippen LogP contribution in [0.2, 0.25) is 0 Å². The number of thiazole rings is 1. The lowest BCUT2D eigenvalue weighted by Crippen LogP contribution is -2.35. The van der Waals surface area contributed by atoms with Gasteiger partial charge in [-0.3, -0.25) is 9.59 Å². The molecule has 6 nitrogen and oxygen atoms in total. The number of benzene rings is 1. The summed E-state index contributed by atoms with van der Waals surface area (Å²) < 4.78 is 7.04. The first-order valence-corrected chi connectivity index (χ1v) is 9.94. The van der Waals surface area contributed by atoms with Gasteiger partial charge in [-0.2, -0.15) is 4.99 Å². The first kappa shape index (κ1) is 19.8. The van der Waals surface area contributed by atoms with E-state index in [1.807, 2.05) is 45.2 Å². The van der Waals surface area contributed by atoms with Gasteiger partial charge in [0.2, 0.25) is 5.91 Å². The Bertz CT molecular complexity index is 1010. The van der Waals surface area contributed by atoms with Gasteiger partial charge in [0.15, 0.2) is 4.80 Å². The Labute approximate surface area is 167 Å². The summed E-state index contributed by atoms with van der Waals surface area (Å²) in [6.45, 7) is 6.16. The molecule has 0 saturated carbocycles. The molecule has 0 saturated heterocycles. The fraction of sp³-hybridized carbons (Fsp3) is 0.286. The van der Waals surface area contributed by atoms with Crippen molar-refractivity contribution >= 4 is 23.2 Å². The van der Waals surface area contributed by atoms with E-state index in [-0.39, 0.29) is 11.8 Å². The summed E-state index contributed by atoms with van der Waals surface area (Å²) in [6, 6.07) is 10.4. The second-order valence-electron chi connectivity index (χ2n) is 6.54. The normalized spacial score (nSPS) is 12.8. The third-order valence-corrected chi connectivity index (χ3v) is 5.24. The number of nitrogens with zero attached hydrogens (tertiary/aromatic N) is 2. The topological polar surface area (TPSA) is 76.6 Å². The van der Waals surface area contributed by atoms with E-state index in [1.54, 1.807) is 29.0 Å². The maximum Gasteiger partial charge on any atom is 0.279 e. The Morgan fingerprint density at radius 3 is 2.61 bits per heavy atom. The van der Waals surface area contributed by atoms with Crippen LogP contribution < -0.4 is 10.1 Å². The van der Waals surface area contributed by atoms with Gasteiger partial charge in [0.25, 0.3) is 5.91 Å². The molecule has 0 fully saturated rings. The molecule has 28 heavy (non-hydrogen) atoms. The molecule has 2 aromatic heterocycles. The van der Waals surface area contributed by atoms with Crippen LogP contribution in [0.4, 0.5) is 0 Å². The summed E-state index contributed by atoms with van der Waals surface area (Å²) in [5.74, 6) is 0.233. The monoisotopic (exact) mass is 397 g/mol. The average Bonchev–Trinajstić information content (AvgIpc) is 3.31.